The van der Waals surface area contributed by atoms with Gasteiger partial charge in [-0.25, -0.2) is 4.39 Å². The molecule has 0 saturated heterocycles. The van der Waals surface area contributed by atoms with E-state index in [1.165, 1.54) is 6.07 Å². The van der Waals surface area contributed by atoms with Gasteiger partial charge < -0.3 is 11.1 Å². The maximum atomic E-state index is 13.1. The van der Waals surface area contributed by atoms with Crippen molar-refractivity contribution in [2.75, 3.05) is 5.32 Å². The highest BCUT2D eigenvalue weighted by atomic mass is 19.4. The van der Waals surface area contributed by atoms with Crippen molar-refractivity contribution in [2.45, 2.75) is 43.9 Å². The maximum Gasteiger partial charge on any atom is 0.419 e. The lowest BCUT2D eigenvalue weighted by atomic mass is 9.91. The minimum absolute atomic E-state index is 0.0512. The summed E-state index contributed by atoms with van der Waals surface area (Å²) in [6, 6.07) is 3.11. The monoisotopic (exact) mass is 276 g/mol. The first-order valence-electron chi connectivity index (χ1n) is 6.25. The Kier molecular flexibility index (Phi) is 3.99. The topological polar surface area (TPSA) is 38.0 Å². The van der Waals surface area contributed by atoms with Crippen LogP contribution in [0.15, 0.2) is 18.2 Å². The zero-order valence-corrected chi connectivity index (χ0v) is 10.3. The van der Waals surface area contributed by atoms with Crippen molar-refractivity contribution in [2.24, 2.45) is 5.73 Å². The van der Waals surface area contributed by atoms with Crippen LogP contribution in [0.4, 0.5) is 23.2 Å². The van der Waals surface area contributed by atoms with Crippen LogP contribution in [0.3, 0.4) is 0 Å². The number of halogens is 4. The molecule has 19 heavy (non-hydrogen) atoms. The fourth-order valence-electron chi connectivity index (χ4n) is 2.43. The van der Waals surface area contributed by atoms with E-state index in [0.717, 1.165) is 37.8 Å². The van der Waals surface area contributed by atoms with Crippen molar-refractivity contribution >= 4 is 5.69 Å². The Hall–Kier alpha value is -1.30. The van der Waals surface area contributed by atoms with Crippen LogP contribution in [-0.2, 0) is 6.18 Å². The molecule has 106 valence electrons. The van der Waals surface area contributed by atoms with E-state index in [2.05, 4.69) is 5.32 Å². The smallest absolute Gasteiger partial charge is 0.382 e. The SMILES string of the molecule is NC1CCCC(Nc2ccc(F)c(C(F)(F)F)c2)C1. The maximum absolute atomic E-state index is 13.1. The van der Waals surface area contributed by atoms with E-state index in [1.54, 1.807) is 0 Å². The molecule has 1 aromatic rings. The van der Waals surface area contributed by atoms with Crippen LogP contribution in [0.5, 0.6) is 0 Å². The molecule has 0 aromatic heterocycles. The van der Waals surface area contributed by atoms with Crippen molar-refractivity contribution in [3.63, 3.8) is 0 Å². The Bertz CT molecular complexity index is 445. The second-order valence-corrected chi connectivity index (χ2v) is 4.96. The molecule has 1 saturated carbocycles. The van der Waals surface area contributed by atoms with E-state index < -0.39 is 17.6 Å². The van der Waals surface area contributed by atoms with Gasteiger partial charge in [0.25, 0.3) is 0 Å². The minimum atomic E-state index is -4.68. The lowest BCUT2D eigenvalue weighted by Crippen LogP contribution is -2.34. The first-order chi connectivity index (χ1) is 8.86. The van der Waals surface area contributed by atoms with Gasteiger partial charge in [-0.15, -0.1) is 0 Å². The van der Waals surface area contributed by atoms with Gasteiger partial charge in [-0.3, -0.25) is 0 Å². The summed E-state index contributed by atoms with van der Waals surface area (Å²) in [5.41, 5.74) is 4.87. The summed E-state index contributed by atoms with van der Waals surface area (Å²) < 4.78 is 50.9. The highest BCUT2D eigenvalue weighted by Crippen LogP contribution is 2.33. The highest BCUT2D eigenvalue weighted by molar-refractivity contribution is 5.48. The van der Waals surface area contributed by atoms with Gasteiger partial charge in [0.2, 0.25) is 0 Å². The van der Waals surface area contributed by atoms with E-state index in [1.807, 2.05) is 0 Å². The van der Waals surface area contributed by atoms with Crippen LogP contribution in [0, 0.1) is 5.82 Å². The molecule has 2 unspecified atom stereocenters. The third-order valence-corrected chi connectivity index (χ3v) is 3.36. The second kappa shape index (κ2) is 5.36. The van der Waals surface area contributed by atoms with E-state index in [9.17, 15) is 17.6 Å². The number of hydrogen-bond donors (Lipinski definition) is 2. The van der Waals surface area contributed by atoms with Crippen LogP contribution >= 0.6 is 0 Å². The Morgan fingerprint density at radius 1 is 1.21 bits per heavy atom. The summed E-state index contributed by atoms with van der Waals surface area (Å²) in [5, 5.41) is 3.00. The molecule has 1 aliphatic rings. The highest BCUT2D eigenvalue weighted by Gasteiger charge is 2.34. The average molecular weight is 276 g/mol. The number of hydrogen-bond acceptors (Lipinski definition) is 2. The molecule has 6 heteroatoms. The quantitative estimate of drug-likeness (QED) is 0.811. The second-order valence-electron chi connectivity index (χ2n) is 4.96. The fraction of sp³-hybridized carbons (Fsp3) is 0.538. The number of nitrogens with two attached hydrogens (primary N) is 1. The lowest BCUT2D eigenvalue weighted by molar-refractivity contribution is -0.139. The first-order valence-corrected chi connectivity index (χ1v) is 6.25. The van der Waals surface area contributed by atoms with Crippen LogP contribution in [0.25, 0.3) is 0 Å². The van der Waals surface area contributed by atoms with Crippen LogP contribution in [0.2, 0.25) is 0 Å². The number of rotatable bonds is 2. The molecule has 0 spiro atoms. The van der Waals surface area contributed by atoms with Gasteiger partial charge in [0.05, 0.1) is 5.56 Å². The molecule has 0 heterocycles. The predicted octanol–water partition coefficient (Wildman–Crippen LogP) is 3.53. The van der Waals surface area contributed by atoms with Crippen molar-refractivity contribution in [3.05, 3.63) is 29.6 Å². The third-order valence-electron chi connectivity index (χ3n) is 3.36. The average Bonchev–Trinajstić information content (AvgIpc) is 2.30. The van der Waals surface area contributed by atoms with E-state index in [-0.39, 0.29) is 17.8 Å². The molecule has 3 N–H and O–H groups in total. The van der Waals surface area contributed by atoms with E-state index in [4.69, 9.17) is 5.73 Å². The number of nitrogens with one attached hydrogen (secondary N) is 1. The van der Waals surface area contributed by atoms with Gasteiger partial charge in [-0.05, 0) is 43.9 Å². The van der Waals surface area contributed by atoms with Gasteiger partial charge >= 0.3 is 6.18 Å². The summed E-state index contributed by atoms with van der Waals surface area (Å²) in [4.78, 5) is 0. The molecule has 0 aliphatic heterocycles. The summed E-state index contributed by atoms with van der Waals surface area (Å²) in [7, 11) is 0. The molecule has 1 aliphatic carbocycles. The standard InChI is InChI=1S/C13H16F4N2/c14-12-5-4-10(7-11(12)13(15,16)17)19-9-3-1-2-8(18)6-9/h4-5,7-9,19H,1-3,6,18H2. The Morgan fingerprint density at radius 3 is 2.58 bits per heavy atom. The molecule has 0 bridgehead atoms. The van der Waals surface area contributed by atoms with Crippen LogP contribution in [0.1, 0.15) is 31.2 Å². The molecule has 1 aromatic carbocycles. The van der Waals surface area contributed by atoms with Crippen molar-refractivity contribution in [1.29, 1.82) is 0 Å². The molecule has 0 radical (unpaired) electrons. The number of benzene rings is 1. The molecule has 1 fully saturated rings. The van der Waals surface area contributed by atoms with E-state index in [0.29, 0.717) is 0 Å². The summed E-state index contributed by atoms with van der Waals surface area (Å²) in [5.74, 6) is -1.25. The molecule has 2 nitrogen and oxygen atoms in total. The van der Waals surface area contributed by atoms with Crippen molar-refractivity contribution in [1.82, 2.24) is 0 Å². The Morgan fingerprint density at radius 2 is 1.95 bits per heavy atom. The zero-order chi connectivity index (χ0) is 14.0. The molecule has 2 rings (SSSR count). The molecular formula is C13H16F4N2. The fourth-order valence-corrected chi connectivity index (χ4v) is 2.43. The van der Waals surface area contributed by atoms with Crippen LogP contribution in [-0.4, -0.2) is 12.1 Å². The zero-order valence-electron chi connectivity index (χ0n) is 10.3. The first kappa shape index (κ1) is 14.1. The van der Waals surface area contributed by atoms with Gasteiger partial charge in [0.15, 0.2) is 0 Å². The largest absolute Gasteiger partial charge is 0.419 e. The predicted molar refractivity (Wildman–Crippen MR) is 65.3 cm³/mol. The molecule has 0 amide bonds. The van der Waals surface area contributed by atoms with Gasteiger partial charge in [0.1, 0.15) is 5.82 Å². The van der Waals surface area contributed by atoms with Gasteiger partial charge in [-0.2, -0.15) is 13.2 Å². The van der Waals surface area contributed by atoms with E-state index >= 15 is 0 Å². The van der Waals surface area contributed by atoms with Crippen molar-refractivity contribution < 1.29 is 17.6 Å². The summed E-state index contributed by atoms with van der Waals surface area (Å²) >= 11 is 0. The summed E-state index contributed by atoms with van der Waals surface area (Å²) in [6.07, 6.45) is -1.20. The number of anilines is 1. The minimum Gasteiger partial charge on any atom is -0.382 e. The Labute approximate surface area is 109 Å². The third kappa shape index (κ3) is 3.59. The lowest BCUT2D eigenvalue weighted by Gasteiger charge is -2.28. The van der Waals surface area contributed by atoms with Gasteiger partial charge in [0, 0.05) is 17.8 Å². The molecular weight excluding hydrogens is 260 g/mol. The normalized spacial score (nSPS) is 24.3. The number of alkyl halides is 3. The summed E-state index contributed by atoms with van der Waals surface area (Å²) in [6.45, 7) is 0. The van der Waals surface area contributed by atoms with Gasteiger partial charge in [-0.1, -0.05) is 0 Å². The Balaban J connectivity index is 2.13. The van der Waals surface area contributed by atoms with Crippen molar-refractivity contribution in [3.8, 4) is 0 Å². The van der Waals surface area contributed by atoms with Crippen LogP contribution < -0.4 is 11.1 Å². The molecule has 2 atom stereocenters.